The molecule has 0 saturated carbocycles. The molecule has 0 aromatic carbocycles. The van der Waals surface area contributed by atoms with Crippen LogP contribution in [0, 0.1) is 0 Å². The quantitative estimate of drug-likeness (QED) is 0.531. The highest BCUT2D eigenvalue weighted by Gasteiger charge is 2.41. The zero-order valence-electron chi connectivity index (χ0n) is 16.1. The van der Waals surface area contributed by atoms with Gasteiger partial charge in [0.1, 0.15) is 18.5 Å². The molecule has 29 heavy (non-hydrogen) atoms. The van der Waals surface area contributed by atoms with Gasteiger partial charge in [-0.25, -0.2) is 9.59 Å². The van der Waals surface area contributed by atoms with Crippen molar-refractivity contribution in [2.75, 3.05) is 32.0 Å². The Morgan fingerprint density at radius 3 is 2.97 bits per heavy atom. The first kappa shape index (κ1) is 19.8. The smallest absolute Gasteiger partial charge is 0.351 e. The summed E-state index contributed by atoms with van der Waals surface area (Å²) in [6, 6.07) is 0.848. The number of hydrogen-bond acceptors (Lipinski definition) is 8. The van der Waals surface area contributed by atoms with Crippen molar-refractivity contribution in [2.24, 2.45) is 0 Å². The first-order chi connectivity index (χ1) is 14.0. The predicted molar refractivity (Wildman–Crippen MR) is 98.3 cm³/mol. The SMILES string of the molecule is Nc1ccn(C2COC(COC(=O)C3CCCN3C(=O)C3CCC[NH2+]3)O2)c(=O)n1. The summed E-state index contributed by atoms with van der Waals surface area (Å²) in [6.07, 6.45) is 3.27. The Labute approximate surface area is 167 Å². The van der Waals surface area contributed by atoms with Crippen LogP contribution >= 0.6 is 0 Å². The number of hydrogen-bond donors (Lipinski definition) is 2. The molecule has 11 heteroatoms. The largest absolute Gasteiger partial charge is 0.459 e. The van der Waals surface area contributed by atoms with Crippen molar-refractivity contribution in [2.45, 2.75) is 50.3 Å². The summed E-state index contributed by atoms with van der Waals surface area (Å²) in [4.78, 5) is 42.4. The zero-order chi connectivity index (χ0) is 20.4. The molecule has 3 aliphatic heterocycles. The Hall–Kier alpha value is -2.50. The summed E-state index contributed by atoms with van der Waals surface area (Å²) in [6.45, 7) is 1.54. The van der Waals surface area contributed by atoms with Crippen molar-refractivity contribution in [3.63, 3.8) is 0 Å². The number of amides is 1. The minimum atomic E-state index is -0.790. The molecule has 4 atom stereocenters. The standard InChI is InChI=1S/C18H25N5O6/c19-13-5-8-23(18(26)21-13)14-9-27-15(29-14)10-28-17(25)12-4-2-7-22(12)16(24)11-3-1-6-20-11/h5,8,11-12,14-15,20H,1-4,6-7,9-10H2,(H2,19,21,26)/p+1. The van der Waals surface area contributed by atoms with Gasteiger partial charge in [-0.1, -0.05) is 0 Å². The molecule has 1 aromatic heterocycles. The number of rotatable bonds is 5. The van der Waals surface area contributed by atoms with Gasteiger partial charge >= 0.3 is 11.7 Å². The number of ether oxygens (including phenoxy) is 3. The van der Waals surface area contributed by atoms with Gasteiger partial charge in [-0.3, -0.25) is 9.36 Å². The summed E-state index contributed by atoms with van der Waals surface area (Å²) in [5, 5.41) is 2.04. The highest BCUT2D eigenvalue weighted by molar-refractivity contribution is 5.87. The van der Waals surface area contributed by atoms with Crippen LogP contribution in [-0.2, 0) is 23.8 Å². The highest BCUT2D eigenvalue weighted by Crippen LogP contribution is 2.23. The fourth-order valence-electron chi connectivity index (χ4n) is 4.06. The summed E-state index contributed by atoms with van der Waals surface area (Å²) in [7, 11) is 0. The average molecular weight is 408 g/mol. The third kappa shape index (κ3) is 4.26. The van der Waals surface area contributed by atoms with Gasteiger partial charge < -0.3 is 30.2 Å². The van der Waals surface area contributed by atoms with E-state index in [0.29, 0.717) is 13.0 Å². The van der Waals surface area contributed by atoms with Crippen molar-refractivity contribution >= 4 is 17.7 Å². The fourth-order valence-corrected chi connectivity index (χ4v) is 4.06. The van der Waals surface area contributed by atoms with Gasteiger partial charge in [-0.15, -0.1) is 0 Å². The van der Waals surface area contributed by atoms with Crippen LogP contribution in [-0.4, -0.2) is 71.0 Å². The van der Waals surface area contributed by atoms with E-state index in [9.17, 15) is 14.4 Å². The number of anilines is 1. The van der Waals surface area contributed by atoms with Crippen molar-refractivity contribution in [1.29, 1.82) is 0 Å². The normalized spacial score (nSPS) is 29.3. The molecule has 0 aliphatic carbocycles. The zero-order valence-corrected chi connectivity index (χ0v) is 16.1. The maximum atomic E-state index is 12.7. The number of likely N-dealkylation sites (tertiary alicyclic amines) is 1. The van der Waals surface area contributed by atoms with Gasteiger partial charge in [0.2, 0.25) is 0 Å². The number of quaternary nitrogens is 1. The van der Waals surface area contributed by atoms with Gasteiger partial charge in [0, 0.05) is 25.6 Å². The van der Waals surface area contributed by atoms with E-state index < -0.39 is 30.2 Å². The highest BCUT2D eigenvalue weighted by atomic mass is 16.7. The summed E-state index contributed by atoms with van der Waals surface area (Å²) < 4.78 is 17.7. The van der Waals surface area contributed by atoms with Crippen molar-refractivity contribution in [1.82, 2.24) is 14.5 Å². The molecule has 3 saturated heterocycles. The summed E-state index contributed by atoms with van der Waals surface area (Å²) in [5.74, 6) is -0.303. The molecule has 11 nitrogen and oxygen atoms in total. The number of carbonyl (C=O) groups is 2. The second kappa shape index (κ2) is 8.47. The summed E-state index contributed by atoms with van der Waals surface area (Å²) in [5.41, 5.74) is 4.94. The average Bonchev–Trinajstić information content (AvgIpc) is 3.47. The van der Waals surface area contributed by atoms with Gasteiger partial charge in [-0.05, 0) is 18.9 Å². The molecule has 1 aromatic rings. The molecule has 1 amide bonds. The third-order valence-corrected chi connectivity index (χ3v) is 5.55. The molecule has 158 valence electrons. The van der Waals surface area contributed by atoms with Crippen molar-refractivity contribution in [3.05, 3.63) is 22.7 Å². The lowest BCUT2D eigenvalue weighted by atomic mass is 10.1. The Bertz CT molecular complexity index is 823. The van der Waals surface area contributed by atoms with Crippen LogP contribution in [0.3, 0.4) is 0 Å². The molecule has 4 N–H and O–H groups in total. The number of nitrogen functional groups attached to an aromatic ring is 1. The van der Waals surface area contributed by atoms with E-state index in [1.165, 1.54) is 16.8 Å². The van der Waals surface area contributed by atoms with E-state index in [4.69, 9.17) is 19.9 Å². The third-order valence-electron chi connectivity index (χ3n) is 5.55. The molecule has 3 aliphatic rings. The number of carbonyl (C=O) groups excluding carboxylic acids is 2. The van der Waals surface area contributed by atoms with Gasteiger partial charge in [0.15, 0.2) is 18.6 Å². The first-order valence-electron chi connectivity index (χ1n) is 9.95. The van der Waals surface area contributed by atoms with Crippen LogP contribution in [0.15, 0.2) is 17.1 Å². The van der Waals surface area contributed by atoms with Crippen LogP contribution < -0.4 is 16.7 Å². The number of nitrogens with zero attached hydrogens (tertiary/aromatic N) is 3. The van der Waals surface area contributed by atoms with Crippen molar-refractivity contribution in [3.8, 4) is 0 Å². The molecule has 0 radical (unpaired) electrons. The molecular weight excluding hydrogens is 382 g/mol. The Balaban J connectivity index is 1.29. The number of nitrogens with two attached hydrogens (primary N) is 2. The molecular formula is C18H26N5O6+. The molecule has 0 spiro atoms. The lowest BCUT2D eigenvalue weighted by Crippen LogP contribution is -2.89. The van der Waals surface area contributed by atoms with Crippen LogP contribution in [0.1, 0.15) is 31.9 Å². The predicted octanol–water partition coefficient (Wildman–Crippen LogP) is -2.04. The number of esters is 1. The molecule has 4 unspecified atom stereocenters. The maximum Gasteiger partial charge on any atom is 0.351 e. The van der Waals surface area contributed by atoms with Gasteiger partial charge in [0.05, 0.1) is 13.2 Å². The van der Waals surface area contributed by atoms with Gasteiger partial charge in [0.25, 0.3) is 5.91 Å². The Morgan fingerprint density at radius 2 is 2.21 bits per heavy atom. The fraction of sp³-hybridized carbons (Fsp3) is 0.667. The first-order valence-corrected chi connectivity index (χ1v) is 9.95. The van der Waals surface area contributed by atoms with Crippen LogP contribution in [0.4, 0.5) is 5.82 Å². The maximum absolute atomic E-state index is 12.7. The number of aromatic nitrogens is 2. The summed E-state index contributed by atoms with van der Waals surface area (Å²) >= 11 is 0. The van der Waals surface area contributed by atoms with E-state index in [2.05, 4.69) is 4.98 Å². The van der Waals surface area contributed by atoms with E-state index in [0.717, 1.165) is 25.8 Å². The monoisotopic (exact) mass is 408 g/mol. The van der Waals surface area contributed by atoms with Crippen LogP contribution in [0.2, 0.25) is 0 Å². The second-order valence-corrected chi connectivity index (χ2v) is 7.49. The van der Waals surface area contributed by atoms with E-state index >= 15 is 0 Å². The molecule has 4 rings (SSSR count). The van der Waals surface area contributed by atoms with Gasteiger partial charge in [-0.2, -0.15) is 4.98 Å². The lowest BCUT2D eigenvalue weighted by Gasteiger charge is -2.25. The molecule has 0 bridgehead atoms. The second-order valence-electron chi connectivity index (χ2n) is 7.49. The van der Waals surface area contributed by atoms with E-state index in [1.54, 1.807) is 4.90 Å². The van der Waals surface area contributed by atoms with E-state index in [1.807, 2.05) is 5.32 Å². The minimum Gasteiger partial charge on any atom is -0.459 e. The van der Waals surface area contributed by atoms with E-state index in [-0.39, 0.29) is 31.0 Å². The lowest BCUT2D eigenvalue weighted by molar-refractivity contribution is -0.658. The topological polar surface area (TPSA) is 143 Å². The van der Waals surface area contributed by atoms with Crippen molar-refractivity contribution < 1.29 is 29.1 Å². The van der Waals surface area contributed by atoms with Crippen LogP contribution in [0.5, 0.6) is 0 Å². The van der Waals surface area contributed by atoms with Crippen LogP contribution in [0.25, 0.3) is 0 Å². The molecule has 3 fully saturated rings. The Morgan fingerprint density at radius 1 is 1.34 bits per heavy atom. The molecule has 4 heterocycles. The minimum absolute atomic E-state index is 0.0191. The Kier molecular flexibility index (Phi) is 5.79.